The van der Waals surface area contributed by atoms with E-state index in [1.807, 2.05) is 0 Å². The molecule has 2 heterocycles. The second kappa shape index (κ2) is 5.49. The zero-order valence-electron chi connectivity index (χ0n) is 11.8. The first kappa shape index (κ1) is 14.6. The number of amides is 1. The van der Waals surface area contributed by atoms with Crippen molar-refractivity contribution >= 4 is 5.91 Å². The third-order valence-corrected chi connectivity index (χ3v) is 3.70. The van der Waals surface area contributed by atoms with Crippen LogP contribution >= 0.6 is 0 Å². The minimum atomic E-state index is -0.801. The molecule has 0 spiro atoms. The average molecular weight is 308 g/mol. The van der Waals surface area contributed by atoms with Gasteiger partial charge in [0.2, 0.25) is 0 Å². The Labute approximate surface area is 125 Å². The van der Waals surface area contributed by atoms with Crippen molar-refractivity contribution in [3.8, 4) is 0 Å². The van der Waals surface area contributed by atoms with E-state index in [9.17, 15) is 18.7 Å². The Balaban J connectivity index is 1.95. The number of nitrogens with zero attached hydrogens (tertiary/aromatic N) is 2. The third-order valence-electron chi connectivity index (χ3n) is 3.70. The van der Waals surface area contributed by atoms with E-state index in [4.69, 9.17) is 4.52 Å². The van der Waals surface area contributed by atoms with Crippen molar-refractivity contribution in [2.75, 3.05) is 6.54 Å². The maximum absolute atomic E-state index is 14.0. The number of hydrogen-bond acceptors (Lipinski definition) is 4. The van der Waals surface area contributed by atoms with E-state index in [0.717, 1.165) is 18.2 Å². The van der Waals surface area contributed by atoms with Crippen molar-refractivity contribution in [1.82, 2.24) is 10.1 Å². The molecular formula is C15H14F2N2O3. The van der Waals surface area contributed by atoms with Gasteiger partial charge in [-0.3, -0.25) is 4.79 Å². The molecular weight excluding hydrogens is 294 g/mol. The van der Waals surface area contributed by atoms with Crippen molar-refractivity contribution in [1.29, 1.82) is 0 Å². The van der Waals surface area contributed by atoms with Crippen molar-refractivity contribution in [2.45, 2.75) is 25.5 Å². The van der Waals surface area contributed by atoms with E-state index in [2.05, 4.69) is 5.16 Å². The highest BCUT2D eigenvalue weighted by atomic mass is 19.1. The molecule has 0 radical (unpaired) electrons. The van der Waals surface area contributed by atoms with Gasteiger partial charge in [-0.15, -0.1) is 0 Å². The number of carbonyl (C=O) groups excluding carboxylic acids is 1. The van der Waals surface area contributed by atoms with E-state index in [0.29, 0.717) is 5.76 Å². The van der Waals surface area contributed by atoms with Gasteiger partial charge < -0.3 is 14.5 Å². The summed E-state index contributed by atoms with van der Waals surface area (Å²) >= 11 is 0. The summed E-state index contributed by atoms with van der Waals surface area (Å²) in [5.41, 5.74) is 0.124. The Morgan fingerprint density at radius 3 is 2.86 bits per heavy atom. The van der Waals surface area contributed by atoms with Crippen LogP contribution in [-0.2, 0) is 0 Å². The van der Waals surface area contributed by atoms with Crippen LogP contribution in [0.5, 0.6) is 0 Å². The summed E-state index contributed by atoms with van der Waals surface area (Å²) in [5, 5.41) is 13.5. The summed E-state index contributed by atoms with van der Waals surface area (Å²) < 4.78 is 32.2. The maximum Gasteiger partial charge on any atom is 0.276 e. The van der Waals surface area contributed by atoms with Gasteiger partial charge in [0.1, 0.15) is 17.4 Å². The molecule has 22 heavy (non-hydrogen) atoms. The maximum atomic E-state index is 14.0. The van der Waals surface area contributed by atoms with Gasteiger partial charge in [-0.05, 0) is 31.5 Å². The third kappa shape index (κ3) is 2.59. The number of aryl methyl sites for hydroxylation is 1. The van der Waals surface area contributed by atoms with Crippen molar-refractivity contribution in [2.24, 2.45) is 0 Å². The highest BCUT2D eigenvalue weighted by Gasteiger charge is 2.38. The first-order chi connectivity index (χ1) is 10.5. The summed E-state index contributed by atoms with van der Waals surface area (Å²) in [7, 11) is 0. The molecule has 3 rings (SSSR count). The fraction of sp³-hybridized carbons (Fsp3) is 0.333. The SMILES string of the molecule is Cc1cc(C(=O)N2C[C@H](O)C[C@@H]2c2cc(F)ccc2F)no1. The van der Waals surface area contributed by atoms with Crippen LogP contribution in [0.1, 0.15) is 34.3 Å². The molecule has 1 fully saturated rings. The van der Waals surface area contributed by atoms with E-state index in [1.165, 1.54) is 11.0 Å². The molecule has 2 aromatic rings. The largest absolute Gasteiger partial charge is 0.391 e. The van der Waals surface area contributed by atoms with Crippen molar-refractivity contribution in [3.63, 3.8) is 0 Å². The summed E-state index contributed by atoms with van der Waals surface area (Å²) in [6, 6.07) is 3.80. The summed E-state index contributed by atoms with van der Waals surface area (Å²) in [5.74, 6) is -1.23. The number of carbonyl (C=O) groups is 1. The number of aliphatic hydroxyl groups excluding tert-OH is 1. The van der Waals surface area contributed by atoms with E-state index < -0.39 is 29.7 Å². The lowest BCUT2D eigenvalue weighted by molar-refractivity contribution is 0.0703. The van der Waals surface area contributed by atoms with Crippen molar-refractivity contribution in [3.05, 3.63) is 52.9 Å². The molecule has 2 atom stereocenters. The predicted octanol–water partition coefficient (Wildman–Crippen LogP) is 2.21. The minimum absolute atomic E-state index is 0.0331. The minimum Gasteiger partial charge on any atom is -0.391 e. The number of hydrogen-bond donors (Lipinski definition) is 1. The lowest BCUT2D eigenvalue weighted by Gasteiger charge is -2.24. The normalized spacial score (nSPS) is 21.4. The van der Waals surface area contributed by atoms with Gasteiger partial charge in [0, 0.05) is 18.2 Å². The molecule has 1 amide bonds. The van der Waals surface area contributed by atoms with Crippen LogP contribution in [0.25, 0.3) is 0 Å². The highest BCUT2D eigenvalue weighted by molar-refractivity contribution is 5.92. The molecule has 0 bridgehead atoms. The van der Waals surface area contributed by atoms with Crippen LogP contribution in [0.2, 0.25) is 0 Å². The number of β-amino-alcohol motifs (C(OH)–C–C–N with tert-alkyl or cyclic N) is 1. The number of likely N-dealkylation sites (tertiary alicyclic amines) is 1. The molecule has 1 aliphatic heterocycles. The fourth-order valence-electron chi connectivity index (χ4n) is 2.72. The topological polar surface area (TPSA) is 66.6 Å². The van der Waals surface area contributed by atoms with E-state index in [1.54, 1.807) is 6.92 Å². The van der Waals surface area contributed by atoms with Gasteiger partial charge in [0.25, 0.3) is 5.91 Å². The smallest absolute Gasteiger partial charge is 0.276 e. The highest BCUT2D eigenvalue weighted by Crippen LogP contribution is 2.35. The second-order valence-corrected chi connectivity index (χ2v) is 5.35. The Kier molecular flexibility index (Phi) is 3.66. The molecule has 5 nitrogen and oxygen atoms in total. The van der Waals surface area contributed by atoms with Gasteiger partial charge in [0.15, 0.2) is 5.69 Å². The predicted molar refractivity (Wildman–Crippen MR) is 72.0 cm³/mol. The first-order valence-corrected chi connectivity index (χ1v) is 6.83. The zero-order valence-corrected chi connectivity index (χ0v) is 11.8. The van der Waals surface area contributed by atoms with Gasteiger partial charge in [-0.2, -0.15) is 0 Å². The van der Waals surface area contributed by atoms with Crippen molar-refractivity contribution < 1.29 is 23.2 Å². The molecule has 0 unspecified atom stereocenters. The van der Waals surface area contributed by atoms with Gasteiger partial charge >= 0.3 is 0 Å². The number of aliphatic hydroxyl groups is 1. The lowest BCUT2D eigenvalue weighted by Crippen LogP contribution is -2.32. The van der Waals surface area contributed by atoms with E-state index in [-0.39, 0.29) is 24.2 Å². The van der Waals surface area contributed by atoms with Gasteiger partial charge in [-0.1, -0.05) is 5.16 Å². The van der Waals surface area contributed by atoms with Crippen LogP contribution in [0.3, 0.4) is 0 Å². The molecule has 1 N–H and O–H groups in total. The molecule has 1 saturated heterocycles. The quantitative estimate of drug-likeness (QED) is 0.923. The van der Waals surface area contributed by atoms with E-state index >= 15 is 0 Å². The number of benzene rings is 1. The Hall–Kier alpha value is -2.28. The summed E-state index contributed by atoms with van der Waals surface area (Å²) in [6.45, 7) is 1.68. The van der Waals surface area contributed by atoms with Crippen LogP contribution in [0.15, 0.2) is 28.8 Å². The number of halogens is 2. The van der Waals surface area contributed by atoms with Crippen LogP contribution in [0.4, 0.5) is 8.78 Å². The Morgan fingerprint density at radius 2 is 2.18 bits per heavy atom. The van der Waals surface area contributed by atoms with Gasteiger partial charge in [0.05, 0.1) is 12.1 Å². The Morgan fingerprint density at radius 1 is 1.41 bits per heavy atom. The summed E-state index contributed by atoms with van der Waals surface area (Å²) in [6.07, 6.45) is -0.659. The molecule has 0 aliphatic carbocycles. The fourth-order valence-corrected chi connectivity index (χ4v) is 2.72. The standard InChI is InChI=1S/C15H14F2N2O3/c1-8-4-13(18-22-8)15(21)19-7-10(20)6-14(19)11-5-9(16)2-3-12(11)17/h2-5,10,14,20H,6-7H2,1H3/t10-,14-/m1/s1. The molecule has 0 saturated carbocycles. The van der Waals surface area contributed by atoms with Crippen LogP contribution in [-0.4, -0.2) is 33.7 Å². The summed E-state index contributed by atoms with van der Waals surface area (Å²) in [4.78, 5) is 13.8. The number of aromatic nitrogens is 1. The monoisotopic (exact) mass is 308 g/mol. The zero-order chi connectivity index (χ0) is 15.9. The van der Waals surface area contributed by atoms with Crippen LogP contribution in [0, 0.1) is 18.6 Å². The molecule has 7 heteroatoms. The molecule has 1 aliphatic rings. The Bertz CT molecular complexity index is 717. The molecule has 1 aromatic carbocycles. The number of rotatable bonds is 2. The lowest BCUT2D eigenvalue weighted by atomic mass is 10.0. The average Bonchev–Trinajstić information content (AvgIpc) is 3.07. The second-order valence-electron chi connectivity index (χ2n) is 5.35. The molecule has 1 aromatic heterocycles. The van der Waals surface area contributed by atoms with Gasteiger partial charge in [-0.25, -0.2) is 8.78 Å². The molecule has 116 valence electrons. The van der Waals surface area contributed by atoms with Crippen LogP contribution < -0.4 is 0 Å². The first-order valence-electron chi connectivity index (χ1n) is 6.83.